The van der Waals surface area contributed by atoms with Crippen LogP contribution in [0.5, 0.6) is 0 Å². The summed E-state index contributed by atoms with van der Waals surface area (Å²) in [4.78, 5) is 13.4. The van der Waals surface area contributed by atoms with E-state index in [1.165, 1.54) is 0 Å². The number of nitrogens with zero attached hydrogens (tertiary/aromatic N) is 1. The number of nitrogens with two attached hydrogens (primary N) is 1. The van der Waals surface area contributed by atoms with Crippen molar-refractivity contribution in [2.45, 2.75) is 19.4 Å². The van der Waals surface area contributed by atoms with E-state index in [1.807, 2.05) is 19.1 Å². The largest absolute Gasteiger partial charge is 0.464 e. The van der Waals surface area contributed by atoms with Gasteiger partial charge in [-0.2, -0.15) is 0 Å². The summed E-state index contributed by atoms with van der Waals surface area (Å²) in [6.45, 7) is 3.87. The molecule has 0 aliphatic carbocycles. The van der Waals surface area contributed by atoms with Gasteiger partial charge in [-0.05, 0) is 32.0 Å². The van der Waals surface area contributed by atoms with Gasteiger partial charge in [-0.15, -0.1) is 0 Å². The highest BCUT2D eigenvalue weighted by Gasteiger charge is 2.30. The van der Waals surface area contributed by atoms with E-state index in [0.717, 1.165) is 17.9 Å². The lowest BCUT2D eigenvalue weighted by Crippen LogP contribution is -2.30. The summed E-state index contributed by atoms with van der Waals surface area (Å²) >= 11 is 0. The lowest BCUT2D eigenvalue weighted by atomic mass is 10.2. The van der Waals surface area contributed by atoms with E-state index in [4.69, 9.17) is 10.2 Å². The first-order valence-corrected chi connectivity index (χ1v) is 5.52. The predicted octanol–water partition coefficient (Wildman–Crippen LogP) is 1.00. The zero-order valence-corrected chi connectivity index (χ0v) is 9.40. The minimum absolute atomic E-state index is 0.0287. The van der Waals surface area contributed by atoms with E-state index in [-0.39, 0.29) is 12.1 Å². The first-order chi connectivity index (χ1) is 7.70. The van der Waals surface area contributed by atoms with E-state index in [2.05, 4.69) is 5.32 Å². The minimum Gasteiger partial charge on any atom is -0.464 e. The molecule has 2 rings (SSSR count). The molecule has 3 N–H and O–H groups in total. The number of furan rings is 1. The summed E-state index contributed by atoms with van der Waals surface area (Å²) < 4.78 is 5.50. The van der Waals surface area contributed by atoms with Crippen molar-refractivity contribution >= 4 is 6.03 Å². The Morgan fingerprint density at radius 3 is 3.06 bits per heavy atom. The van der Waals surface area contributed by atoms with Crippen LogP contribution >= 0.6 is 0 Å². The average molecular weight is 223 g/mol. The van der Waals surface area contributed by atoms with Gasteiger partial charge in [0.1, 0.15) is 17.6 Å². The quantitative estimate of drug-likeness (QED) is 0.800. The van der Waals surface area contributed by atoms with Crippen LogP contribution in [0.1, 0.15) is 24.0 Å². The van der Waals surface area contributed by atoms with Crippen molar-refractivity contribution in [3.05, 3.63) is 23.7 Å². The van der Waals surface area contributed by atoms with Crippen LogP contribution in [-0.4, -0.2) is 30.6 Å². The molecule has 0 saturated carbocycles. The van der Waals surface area contributed by atoms with Crippen LogP contribution in [0.3, 0.4) is 0 Å². The van der Waals surface area contributed by atoms with Crippen LogP contribution in [0, 0.1) is 6.92 Å². The minimum atomic E-state index is -0.0347. The summed E-state index contributed by atoms with van der Waals surface area (Å²) in [5, 5.41) is 2.89. The van der Waals surface area contributed by atoms with Crippen LogP contribution < -0.4 is 11.1 Å². The zero-order valence-electron chi connectivity index (χ0n) is 9.40. The van der Waals surface area contributed by atoms with Gasteiger partial charge in [0.25, 0.3) is 0 Å². The number of rotatable bonds is 4. The van der Waals surface area contributed by atoms with Crippen LogP contribution in [-0.2, 0) is 0 Å². The maximum Gasteiger partial charge on any atom is 0.318 e. The third-order valence-electron chi connectivity index (χ3n) is 2.72. The van der Waals surface area contributed by atoms with Crippen molar-refractivity contribution in [1.82, 2.24) is 10.2 Å². The van der Waals surface area contributed by atoms with E-state index < -0.39 is 0 Å². The lowest BCUT2D eigenvalue weighted by molar-refractivity contribution is 0.217. The lowest BCUT2D eigenvalue weighted by Gasteiger charge is -2.12. The van der Waals surface area contributed by atoms with Gasteiger partial charge in [0, 0.05) is 13.1 Å². The van der Waals surface area contributed by atoms with Gasteiger partial charge in [0.15, 0.2) is 0 Å². The molecule has 0 bridgehead atoms. The van der Waals surface area contributed by atoms with Crippen molar-refractivity contribution in [3.63, 3.8) is 0 Å². The highest BCUT2D eigenvalue weighted by atomic mass is 16.3. The molecule has 5 nitrogen and oxygen atoms in total. The molecular weight excluding hydrogens is 206 g/mol. The molecule has 1 atom stereocenters. The smallest absolute Gasteiger partial charge is 0.318 e. The number of aryl methyl sites for hydroxylation is 1. The van der Waals surface area contributed by atoms with Gasteiger partial charge < -0.3 is 20.4 Å². The fourth-order valence-corrected chi connectivity index (χ4v) is 1.87. The van der Waals surface area contributed by atoms with Gasteiger partial charge in [-0.3, -0.25) is 0 Å². The average Bonchev–Trinajstić information content (AvgIpc) is 2.82. The molecule has 2 amide bonds. The van der Waals surface area contributed by atoms with Crippen LogP contribution in [0.25, 0.3) is 0 Å². The third-order valence-corrected chi connectivity index (χ3v) is 2.72. The molecule has 0 spiro atoms. The number of hydrogen-bond donors (Lipinski definition) is 2. The molecule has 5 heteroatoms. The number of carbonyl (C=O) groups is 1. The Morgan fingerprint density at radius 1 is 1.62 bits per heavy atom. The Hall–Kier alpha value is -1.49. The van der Waals surface area contributed by atoms with Gasteiger partial charge in [-0.25, -0.2) is 4.79 Å². The Bertz CT molecular complexity index is 375. The maximum atomic E-state index is 11.6. The van der Waals surface area contributed by atoms with E-state index >= 15 is 0 Å². The molecule has 0 aromatic carbocycles. The summed E-state index contributed by atoms with van der Waals surface area (Å²) in [7, 11) is 0. The van der Waals surface area contributed by atoms with Gasteiger partial charge in [-0.1, -0.05) is 0 Å². The van der Waals surface area contributed by atoms with E-state index in [1.54, 1.807) is 4.90 Å². The Labute approximate surface area is 94.6 Å². The molecule has 2 heterocycles. The number of amides is 2. The first kappa shape index (κ1) is 11.0. The van der Waals surface area contributed by atoms with Crippen molar-refractivity contribution in [3.8, 4) is 0 Å². The second-order valence-electron chi connectivity index (χ2n) is 4.04. The Morgan fingerprint density at radius 2 is 2.44 bits per heavy atom. The Kier molecular flexibility index (Phi) is 3.14. The molecule has 1 saturated heterocycles. The van der Waals surface area contributed by atoms with Crippen molar-refractivity contribution < 1.29 is 9.21 Å². The molecule has 1 fully saturated rings. The summed E-state index contributed by atoms with van der Waals surface area (Å²) in [6, 6.07) is 3.75. The summed E-state index contributed by atoms with van der Waals surface area (Å²) in [5.74, 6) is 1.69. The number of carbonyl (C=O) groups excluding carboxylic acids is 1. The van der Waals surface area contributed by atoms with Crippen molar-refractivity contribution in [2.75, 3.05) is 19.6 Å². The van der Waals surface area contributed by atoms with Gasteiger partial charge >= 0.3 is 6.03 Å². The summed E-state index contributed by atoms with van der Waals surface area (Å²) in [5.41, 5.74) is 5.42. The van der Waals surface area contributed by atoms with E-state index in [0.29, 0.717) is 19.6 Å². The molecule has 88 valence electrons. The second kappa shape index (κ2) is 4.57. The molecular formula is C11H17N3O2. The molecule has 1 aliphatic rings. The standard InChI is InChI=1S/C11H17N3O2/c1-8-3-4-10(16-8)9-7-14(6-2-5-12)11(15)13-9/h3-4,9H,2,5-7,12H2,1H3,(H,13,15). The fourth-order valence-electron chi connectivity index (χ4n) is 1.87. The molecule has 16 heavy (non-hydrogen) atoms. The molecule has 1 aliphatic heterocycles. The number of nitrogens with one attached hydrogen (secondary N) is 1. The first-order valence-electron chi connectivity index (χ1n) is 5.52. The monoisotopic (exact) mass is 223 g/mol. The predicted molar refractivity (Wildman–Crippen MR) is 60.0 cm³/mol. The Balaban J connectivity index is 1.98. The number of hydrogen-bond acceptors (Lipinski definition) is 3. The van der Waals surface area contributed by atoms with Crippen LogP contribution in [0.15, 0.2) is 16.5 Å². The number of urea groups is 1. The maximum absolute atomic E-state index is 11.6. The fraction of sp³-hybridized carbons (Fsp3) is 0.545. The highest BCUT2D eigenvalue weighted by molar-refractivity contribution is 5.77. The normalized spacial score (nSPS) is 20.2. The van der Waals surface area contributed by atoms with Crippen LogP contribution in [0.4, 0.5) is 4.79 Å². The second-order valence-corrected chi connectivity index (χ2v) is 4.04. The topological polar surface area (TPSA) is 71.5 Å². The zero-order chi connectivity index (χ0) is 11.5. The third kappa shape index (κ3) is 2.19. The van der Waals surface area contributed by atoms with Crippen molar-refractivity contribution in [1.29, 1.82) is 0 Å². The molecule has 1 aromatic rings. The van der Waals surface area contributed by atoms with Gasteiger partial charge in [0.05, 0.1) is 0 Å². The van der Waals surface area contributed by atoms with Crippen molar-refractivity contribution in [2.24, 2.45) is 5.73 Å². The van der Waals surface area contributed by atoms with E-state index in [9.17, 15) is 4.79 Å². The summed E-state index contributed by atoms with van der Waals surface area (Å²) in [6.07, 6.45) is 0.831. The molecule has 1 unspecified atom stereocenters. The molecule has 0 radical (unpaired) electrons. The van der Waals surface area contributed by atoms with Crippen LogP contribution in [0.2, 0.25) is 0 Å². The SMILES string of the molecule is Cc1ccc(C2CN(CCCN)C(=O)N2)o1. The molecule has 1 aromatic heterocycles. The van der Waals surface area contributed by atoms with Gasteiger partial charge in [0.2, 0.25) is 0 Å². The highest BCUT2D eigenvalue weighted by Crippen LogP contribution is 2.22.